The fraction of sp³-hybridized carbons (Fsp3) is 0.318. The standard InChI is InChI=1S/C22H22N6OS/c1-13-11-29-9-8-28(13)22-19-18(17(12-30-19)14-2-5-23-10-14)26-21(27-22)16-4-7-25-20-15(16)3-6-24-20/h2-4,6-7,12-13,23H,5,8-11H2,1H3,(H,24,25)/t13-/m1/s1. The number of anilines is 1. The minimum Gasteiger partial charge on any atom is -0.377 e. The van der Waals surface area contributed by atoms with E-state index in [1.54, 1.807) is 11.3 Å². The van der Waals surface area contributed by atoms with Gasteiger partial charge in [0.15, 0.2) is 11.6 Å². The van der Waals surface area contributed by atoms with Crippen molar-refractivity contribution in [3.8, 4) is 11.4 Å². The second-order valence-electron chi connectivity index (χ2n) is 7.77. The summed E-state index contributed by atoms with van der Waals surface area (Å²) in [4.78, 5) is 20.2. The summed E-state index contributed by atoms with van der Waals surface area (Å²) in [6.45, 7) is 6.25. The van der Waals surface area contributed by atoms with E-state index in [1.165, 1.54) is 11.1 Å². The molecule has 2 N–H and O–H groups in total. The molecule has 8 heteroatoms. The molecule has 0 aromatic carbocycles. The van der Waals surface area contributed by atoms with E-state index in [0.717, 1.165) is 64.7 Å². The molecule has 2 aliphatic rings. The molecule has 6 rings (SSSR count). The zero-order valence-electron chi connectivity index (χ0n) is 16.7. The average Bonchev–Trinajstić information content (AvgIpc) is 3.52. The molecule has 6 heterocycles. The van der Waals surface area contributed by atoms with Gasteiger partial charge in [0.2, 0.25) is 0 Å². The summed E-state index contributed by atoms with van der Waals surface area (Å²) in [5.74, 6) is 1.75. The van der Waals surface area contributed by atoms with Crippen LogP contribution in [-0.4, -0.2) is 58.8 Å². The summed E-state index contributed by atoms with van der Waals surface area (Å²) >= 11 is 1.74. The maximum absolute atomic E-state index is 5.68. The minimum atomic E-state index is 0.271. The Labute approximate surface area is 177 Å². The Morgan fingerprint density at radius 1 is 1.23 bits per heavy atom. The predicted octanol–water partition coefficient (Wildman–Crippen LogP) is 3.45. The Morgan fingerprint density at radius 3 is 3.07 bits per heavy atom. The van der Waals surface area contributed by atoms with Crippen LogP contribution in [-0.2, 0) is 4.74 Å². The zero-order chi connectivity index (χ0) is 20.1. The van der Waals surface area contributed by atoms with Crippen LogP contribution in [0.1, 0.15) is 12.5 Å². The first-order chi connectivity index (χ1) is 14.8. The van der Waals surface area contributed by atoms with Crippen LogP contribution in [0.25, 0.3) is 38.2 Å². The van der Waals surface area contributed by atoms with E-state index >= 15 is 0 Å². The van der Waals surface area contributed by atoms with Crippen molar-refractivity contribution in [2.45, 2.75) is 13.0 Å². The van der Waals surface area contributed by atoms with Crippen LogP contribution in [0, 0.1) is 0 Å². The lowest BCUT2D eigenvalue weighted by molar-refractivity contribution is 0.0987. The van der Waals surface area contributed by atoms with Gasteiger partial charge < -0.3 is 19.9 Å². The van der Waals surface area contributed by atoms with E-state index in [9.17, 15) is 0 Å². The summed E-state index contributed by atoms with van der Waals surface area (Å²) in [5, 5.41) is 6.68. The van der Waals surface area contributed by atoms with Crippen molar-refractivity contribution in [1.29, 1.82) is 0 Å². The van der Waals surface area contributed by atoms with Gasteiger partial charge in [0.05, 0.1) is 29.5 Å². The van der Waals surface area contributed by atoms with Gasteiger partial charge in [-0.3, -0.25) is 0 Å². The highest BCUT2D eigenvalue weighted by Crippen LogP contribution is 2.39. The highest BCUT2D eigenvalue weighted by Gasteiger charge is 2.26. The molecular weight excluding hydrogens is 396 g/mol. The van der Waals surface area contributed by atoms with Crippen LogP contribution in [0.15, 0.2) is 36.0 Å². The molecule has 0 unspecified atom stereocenters. The van der Waals surface area contributed by atoms with Crippen molar-refractivity contribution in [2.24, 2.45) is 0 Å². The molecule has 0 spiro atoms. The zero-order valence-corrected chi connectivity index (χ0v) is 17.5. The highest BCUT2D eigenvalue weighted by molar-refractivity contribution is 7.18. The minimum absolute atomic E-state index is 0.271. The van der Waals surface area contributed by atoms with Gasteiger partial charge in [-0.15, -0.1) is 11.3 Å². The fourth-order valence-corrected chi connectivity index (χ4v) is 5.36. The molecule has 0 aliphatic carbocycles. The first kappa shape index (κ1) is 18.0. The van der Waals surface area contributed by atoms with E-state index in [0.29, 0.717) is 6.61 Å². The number of hydrogen-bond donors (Lipinski definition) is 2. The molecule has 0 saturated carbocycles. The van der Waals surface area contributed by atoms with Crippen LogP contribution < -0.4 is 10.2 Å². The molecule has 30 heavy (non-hydrogen) atoms. The third-order valence-electron chi connectivity index (χ3n) is 5.89. The molecule has 4 aromatic heterocycles. The van der Waals surface area contributed by atoms with E-state index in [2.05, 4.69) is 38.6 Å². The van der Waals surface area contributed by atoms with Crippen molar-refractivity contribution >= 4 is 44.0 Å². The second-order valence-corrected chi connectivity index (χ2v) is 8.65. The Kier molecular flexibility index (Phi) is 4.29. The van der Waals surface area contributed by atoms with Gasteiger partial charge in [0.25, 0.3) is 0 Å². The van der Waals surface area contributed by atoms with E-state index in [-0.39, 0.29) is 6.04 Å². The van der Waals surface area contributed by atoms with Gasteiger partial charge in [-0.1, -0.05) is 6.08 Å². The van der Waals surface area contributed by atoms with Gasteiger partial charge >= 0.3 is 0 Å². The molecule has 0 bridgehead atoms. The smallest absolute Gasteiger partial charge is 0.163 e. The first-order valence-electron chi connectivity index (χ1n) is 10.3. The topological polar surface area (TPSA) is 79.0 Å². The Morgan fingerprint density at radius 2 is 2.20 bits per heavy atom. The number of aromatic amines is 1. The molecule has 1 saturated heterocycles. The maximum Gasteiger partial charge on any atom is 0.163 e. The van der Waals surface area contributed by atoms with E-state index in [1.807, 2.05) is 24.5 Å². The lowest BCUT2D eigenvalue weighted by Gasteiger charge is -2.34. The molecule has 0 amide bonds. The normalized spacial score (nSPS) is 19.7. The monoisotopic (exact) mass is 418 g/mol. The molecule has 4 aromatic rings. The lowest BCUT2D eigenvalue weighted by atomic mass is 10.1. The van der Waals surface area contributed by atoms with E-state index < -0.39 is 0 Å². The molecule has 0 radical (unpaired) electrons. The van der Waals surface area contributed by atoms with Gasteiger partial charge in [0.1, 0.15) is 5.65 Å². The predicted molar refractivity (Wildman–Crippen MR) is 121 cm³/mol. The van der Waals surface area contributed by atoms with Crippen molar-refractivity contribution in [2.75, 3.05) is 37.7 Å². The van der Waals surface area contributed by atoms with Crippen molar-refractivity contribution in [1.82, 2.24) is 25.3 Å². The largest absolute Gasteiger partial charge is 0.377 e. The molecule has 2 aliphatic heterocycles. The number of hydrogen-bond acceptors (Lipinski definition) is 7. The van der Waals surface area contributed by atoms with E-state index in [4.69, 9.17) is 14.7 Å². The number of thiophene rings is 1. The number of aromatic nitrogens is 4. The summed E-state index contributed by atoms with van der Waals surface area (Å²) in [6.07, 6.45) is 5.99. The average molecular weight is 419 g/mol. The molecule has 152 valence electrons. The van der Waals surface area contributed by atoms with Crippen LogP contribution >= 0.6 is 11.3 Å². The van der Waals surface area contributed by atoms with Crippen molar-refractivity contribution in [3.63, 3.8) is 0 Å². The number of rotatable bonds is 3. The lowest BCUT2D eigenvalue weighted by Crippen LogP contribution is -2.44. The Bertz CT molecular complexity index is 1280. The van der Waals surface area contributed by atoms with Gasteiger partial charge in [-0.2, -0.15) is 0 Å². The van der Waals surface area contributed by atoms with Crippen LogP contribution in [0.2, 0.25) is 0 Å². The molecule has 1 fully saturated rings. The number of H-pyrrole nitrogens is 1. The number of ether oxygens (including phenoxy) is 1. The summed E-state index contributed by atoms with van der Waals surface area (Å²) in [5.41, 5.74) is 5.42. The van der Waals surface area contributed by atoms with Crippen LogP contribution in [0.4, 0.5) is 5.82 Å². The third-order valence-corrected chi connectivity index (χ3v) is 6.86. The Hall–Kier alpha value is -2.81. The number of morpholine rings is 1. The summed E-state index contributed by atoms with van der Waals surface area (Å²) in [7, 11) is 0. The number of nitrogens with zero attached hydrogens (tertiary/aromatic N) is 4. The quantitative estimate of drug-likeness (QED) is 0.531. The number of pyridine rings is 1. The molecule has 1 atom stereocenters. The second kappa shape index (κ2) is 7.16. The van der Waals surface area contributed by atoms with Crippen molar-refractivity contribution < 1.29 is 4.74 Å². The number of fused-ring (bicyclic) bond motifs is 2. The van der Waals surface area contributed by atoms with Gasteiger partial charge in [0, 0.05) is 53.9 Å². The summed E-state index contributed by atoms with van der Waals surface area (Å²) in [6, 6.07) is 4.32. The first-order valence-corrected chi connectivity index (χ1v) is 11.1. The summed E-state index contributed by atoms with van der Waals surface area (Å²) < 4.78 is 6.83. The molecular formula is C22H22N6OS. The Balaban J connectivity index is 1.61. The third kappa shape index (κ3) is 2.83. The fourth-order valence-electron chi connectivity index (χ4n) is 4.32. The molecule has 7 nitrogen and oxygen atoms in total. The van der Waals surface area contributed by atoms with Gasteiger partial charge in [-0.05, 0) is 24.6 Å². The maximum atomic E-state index is 5.68. The van der Waals surface area contributed by atoms with Gasteiger partial charge in [-0.25, -0.2) is 15.0 Å². The van der Waals surface area contributed by atoms with Crippen molar-refractivity contribution in [3.05, 3.63) is 41.5 Å². The van der Waals surface area contributed by atoms with Crippen LogP contribution in [0.3, 0.4) is 0 Å². The highest BCUT2D eigenvalue weighted by atomic mass is 32.1. The van der Waals surface area contributed by atoms with Crippen LogP contribution in [0.5, 0.6) is 0 Å². The number of nitrogens with one attached hydrogen (secondary N) is 2. The SMILES string of the molecule is C[C@@H]1COCCN1c1nc(-c2ccnc3[nH]ccc23)nc2c(C3=CCNC3)csc12.